The summed E-state index contributed by atoms with van der Waals surface area (Å²) >= 11 is 0. The molecule has 0 saturated carbocycles. The van der Waals surface area contributed by atoms with Crippen molar-refractivity contribution >= 4 is 5.91 Å². The van der Waals surface area contributed by atoms with E-state index in [1.807, 2.05) is 31.2 Å². The zero-order valence-electron chi connectivity index (χ0n) is 15.6. The number of benzene rings is 1. The van der Waals surface area contributed by atoms with Crippen LogP contribution in [0.3, 0.4) is 0 Å². The van der Waals surface area contributed by atoms with Crippen molar-refractivity contribution in [3.05, 3.63) is 29.8 Å². The van der Waals surface area contributed by atoms with Crippen molar-refractivity contribution in [1.82, 2.24) is 15.5 Å². The number of para-hydroxylation sites is 1. The fourth-order valence-corrected chi connectivity index (χ4v) is 2.93. The van der Waals surface area contributed by atoms with E-state index in [2.05, 4.69) is 29.4 Å². The molecule has 0 radical (unpaired) electrons. The third-order valence-electron chi connectivity index (χ3n) is 4.58. The van der Waals surface area contributed by atoms with Gasteiger partial charge in [-0.1, -0.05) is 32.0 Å². The Morgan fingerprint density at radius 3 is 2.84 bits per heavy atom. The van der Waals surface area contributed by atoms with Crippen molar-refractivity contribution in [3.8, 4) is 5.75 Å². The van der Waals surface area contributed by atoms with Crippen LogP contribution in [0.15, 0.2) is 24.3 Å². The third-order valence-corrected chi connectivity index (χ3v) is 4.58. The summed E-state index contributed by atoms with van der Waals surface area (Å²) in [5, 5.41) is 6.19. The highest BCUT2D eigenvalue weighted by molar-refractivity contribution is 5.82. The van der Waals surface area contributed by atoms with Gasteiger partial charge in [0.15, 0.2) is 0 Å². The van der Waals surface area contributed by atoms with Gasteiger partial charge in [0.2, 0.25) is 5.91 Å². The molecular weight excluding hydrogens is 318 g/mol. The van der Waals surface area contributed by atoms with Crippen LogP contribution in [0.1, 0.15) is 26.3 Å². The number of rotatable bonds is 9. The lowest BCUT2D eigenvalue weighted by Crippen LogP contribution is -2.55. The Hall–Kier alpha value is -1.63. The maximum absolute atomic E-state index is 12.4. The standard InChI is InChI=1S/C19H31N3O3/c1-4-22(5-2)11-13-25-17-9-7-6-8-16(17)14-21-19(23)18-15(3)24-12-10-20-18/h6-9,15,18,20H,4-5,10-14H2,1-3H3,(H,21,23)/t15-,18+/m1/s1. The lowest BCUT2D eigenvalue weighted by atomic mass is 10.1. The molecule has 1 saturated heterocycles. The second kappa shape index (κ2) is 10.4. The quantitative estimate of drug-likeness (QED) is 0.706. The van der Waals surface area contributed by atoms with E-state index in [9.17, 15) is 4.79 Å². The van der Waals surface area contributed by atoms with E-state index in [0.717, 1.165) is 30.9 Å². The Bertz CT molecular complexity index is 534. The molecule has 6 nitrogen and oxygen atoms in total. The van der Waals surface area contributed by atoms with Crippen LogP contribution in [0, 0.1) is 0 Å². The lowest BCUT2D eigenvalue weighted by Gasteiger charge is -2.29. The molecule has 1 fully saturated rings. The SMILES string of the molecule is CCN(CC)CCOc1ccccc1CNC(=O)[C@H]1NCCO[C@@H]1C. The molecule has 140 valence electrons. The highest BCUT2D eigenvalue weighted by Gasteiger charge is 2.28. The van der Waals surface area contributed by atoms with Crippen molar-refractivity contribution in [2.75, 3.05) is 39.4 Å². The van der Waals surface area contributed by atoms with Gasteiger partial charge in [0.1, 0.15) is 18.4 Å². The molecule has 0 aliphatic carbocycles. The number of likely N-dealkylation sites (N-methyl/N-ethyl adjacent to an activating group) is 1. The van der Waals surface area contributed by atoms with Gasteiger partial charge in [-0.15, -0.1) is 0 Å². The van der Waals surface area contributed by atoms with Gasteiger partial charge in [-0.25, -0.2) is 0 Å². The minimum atomic E-state index is -0.301. The molecule has 6 heteroatoms. The summed E-state index contributed by atoms with van der Waals surface area (Å²) in [6, 6.07) is 7.56. The first kappa shape index (κ1) is 19.7. The van der Waals surface area contributed by atoms with Gasteiger partial charge < -0.3 is 25.0 Å². The first-order valence-electron chi connectivity index (χ1n) is 9.21. The average Bonchev–Trinajstić information content (AvgIpc) is 2.64. The topological polar surface area (TPSA) is 62.8 Å². The zero-order chi connectivity index (χ0) is 18.1. The Morgan fingerprint density at radius 1 is 1.36 bits per heavy atom. The number of nitrogens with one attached hydrogen (secondary N) is 2. The Kier molecular flexibility index (Phi) is 8.18. The molecule has 25 heavy (non-hydrogen) atoms. The van der Waals surface area contributed by atoms with Gasteiger partial charge in [0.05, 0.1) is 12.7 Å². The van der Waals surface area contributed by atoms with Gasteiger partial charge in [0, 0.05) is 25.2 Å². The highest BCUT2D eigenvalue weighted by atomic mass is 16.5. The van der Waals surface area contributed by atoms with Crippen molar-refractivity contribution in [1.29, 1.82) is 0 Å². The van der Waals surface area contributed by atoms with E-state index in [1.165, 1.54) is 0 Å². The lowest BCUT2D eigenvalue weighted by molar-refractivity contribution is -0.129. The van der Waals surface area contributed by atoms with Crippen molar-refractivity contribution in [2.24, 2.45) is 0 Å². The third kappa shape index (κ3) is 5.99. The molecule has 1 amide bonds. The van der Waals surface area contributed by atoms with Crippen LogP contribution in [0.4, 0.5) is 0 Å². The molecule has 2 atom stereocenters. The number of hydrogen-bond donors (Lipinski definition) is 2. The molecule has 2 N–H and O–H groups in total. The molecule has 1 aliphatic heterocycles. The van der Waals surface area contributed by atoms with E-state index in [0.29, 0.717) is 26.3 Å². The second-order valence-corrected chi connectivity index (χ2v) is 6.21. The average molecular weight is 349 g/mol. The largest absolute Gasteiger partial charge is 0.492 e. The Balaban J connectivity index is 1.86. The van der Waals surface area contributed by atoms with Crippen LogP contribution in [0.25, 0.3) is 0 Å². The van der Waals surface area contributed by atoms with Crippen LogP contribution >= 0.6 is 0 Å². The normalized spacial score (nSPS) is 20.5. The van der Waals surface area contributed by atoms with Crippen LogP contribution < -0.4 is 15.4 Å². The summed E-state index contributed by atoms with van der Waals surface area (Å²) in [4.78, 5) is 14.7. The summed E-state index contributed by atoms with van der Waals surface area (Å²) < 4.78 is 11.5. The second-order valence-electron chi connectivity index (χ2n) is 6.21. The number of carbonyl (C=O) groups excluding carboxylic acids is 1. The molecule has 0 aromatic heterocycles. The van der Waals surface area contributed by atoms with Crippen LogP contribution in [-0.4, -0.2) is 62.3 Å². The van der Waals surface area contributed by atoms with Gasteiger partial charge >= 0.3 is 0 Å². The van der Waals surface area contributed by atoms with Crippen LogP contribution in [0.5, 0.6) is 5.75 Å². The summed E-state index contributed by atoms with van der Waals surface area (Å²) in [7, 11) is 0. The van der Waals surface area contributed by atoms with E-state index in [1.54, 1.807) is 0 Å². The monoisotopic (exact) mass is 349 g/mol. The van der Waals surface area contributed by atoms with Crippen molar-refractivity contribution in [2.45, 2.75) is 39.5 Å². The first-order valence-corrected chi connectivity index (χ1v) is 9.21. The predicted octanol–water partition coefficient (Wildman–Crippen LogP) is 1.40. The van der Waals surface area contributed by atoms with Crippen LogP contribution in [-0.2, 0) is 16.1 Å². The maximum atomic E-state index is 12.4. The fraction of sp³-hybridized carbons (Fsp3) is 0.632. The number of nitrogens with zero attached hydrogens (tertiary/aromatic N) is 1. The fourth-order valence-electron chi connectivity index (χ4n) is 2.93. The number of morpholine rings is 1. The van der Waals surface area contributed by atoms with Gasteiger partial charge in [-0.3, -0.25) is 4.79 Å². The smallest absolute Gasteiger partial charge is 0.240 e. The highest BCUT2D eigenvalue weighted by Crippen LogP contribution is 2.18. The summed E-state index contributed by atoms with van der Waals surface area (Å²) in [6.07, 6.45) is -0.116. The molecule has 2 rings (SSSR count). The summed E-state index contributed by atoms with van der Waals surface area (Å²) in [6.45, 7) is 11.6. The molecule has 0 bridgehead atoms. The van der Waals surface area contributed by atoms with Crippen LogP contribution in [0.2, 0.25) is 0 Å². The van der Waals surface area contributed by atoms with Gasteiger partial charge in [-0.2, -0.15) is 0 Å². The van der Waals surface area contributed by atoms with E-state index < -0.39 is 0 Å². The minimum Gasteiger partial charge on any atom is -0.492 e. The molecule has 1 aliphatic rings. The van der Waals surface area contributed by atoms with Crippen molar-refractivity contribution in [3.63, 3.8) is 0 Å². The molecular formula is C19H31N3O3. The zero-order valence-corrected chi connectivity index (χ0v) is 15.6. The van der Waals surface area contributed by atoms with E-state index in [-0.39, 0.29) is 18.1 Å². The Morgan fingerprint density at radius 2 is 2.12 bits per heavy atom. The molecule has 1 heterocycles. The molecule has 1 aromatic carbocycles. The molecule has 0 spiro atoms. The molecule has 1 aromatic rings. The number of carbonyl (C=O) groups is 1. The first-order chi connectivity index (χ1) is 12.2. The number of hydrogen-bond acceptors (Lipinski definition) is 5. The summed E-state index contributed by atoms with van der Waals surface area (Å²) in [5.41, 5.74) is 0.986. The predicted molar refractivity (Wildman–Crippen MR) is 98.8 cm³/mol. The van der Waals surface area contributed by atoms with E-state index in [4.69, 9.17) is 9.47 Å². The minimum absolute atomic E-state index is 0.0369. The molecule has 0 unspecified atom stereocenters. The van der Waals surface area contributed by atoms with Gasteiger partial charge in [-0.05, 0) is 26.1 Å². The maximum Gasteiger partial charge on any atom is 0.240 e. The number of ether oxygens (including phenoxy) is 2. The summed E-state index contributed by atoms with van der Waals surface area (Å²) in [5.74, 6) is 0.793. The van der Waals surface area contributed by atoms with E-state index >= 15 is 0 Å². The van der Waals surface area contributed by atoms with Crippen molar-refractivity contribution < 1.29 is 14.3 Å². The Labute approximate surface area is 150 Å². The number of amides is 1. The van der Waals surface area contributed by atoms with Gasteiger partial charge in [0.25, 0.3) is 0 Å².